The maximum atomic E-state index is 11.5. The van der Waals surface area contributed by atoms with Crippen molar-refractivity contribution in [2.75, 3.05) is 25.9 Å². The van der Waals surface area contributed by atoms with Crippen LogP contribution < -0.4 is 5.32 Å². The van der Waals surface area contributed by atoms with Crippen molar-refractivity contribution in [2.24, 2.45) is 0 Å². The summed E-state index contributed by atoms with van der Waals surface area (Å²) in [5.74, 6) is 0.305. The minimum Gasteiger partial charge on any atom is -0.314 e. The van der Waals surface area contributed by atoms with Crippen molar-refractivity contribution in [2.45, 2.75) is 25.8 Å². The molecule has 13 heavy (non-hydrogen) atoms. The molecule has 1 rings (SSSR count). The van der Waals surface area contributed by atoms with E-state index < -0.39 is 10.0 Å². The van der Waals surface area contributed by atoms with Crippen LogP contribution in [0.3, 0.4) is 0 Å². The zero-order valence-corrected chi connectivity index (χ0v) is 9.10. The van der Waals surface area contributed by atoms with E-state index in [0.717, 1.165) is 12.8 Å². The zero-order valence-electron chi connectivity index (χ0n) is 8.28. The molecule has 0 saturated carbocycles. The van der Waals surface area contributed by atoms with Crippen LogP contribution in [-0.4, -0.2) is 44.7 Å². The van der Waals surface area contributed by atoms with Gasteiger partial charge >= 0.3 is 0 Å². The number of unbranched alkanes of at least 4 members (excludes halogenated alkanes) is 1. The van der Waals surface area contributed by atoms with Crippen LogP contribution in [0.1, 0.15) is 19.8 Å². The molecule has 0 atom stereocenters. The largest absolute Gasteiger partial charge is 0.314 e. The van der Waals surface area contributed by atoms with Gasteiger partial charge in [0.15, 0.2) is 0 Å². The van der Waals surface area contributed by atoms with E-state index in [4.69, 9.17) is 0 Å². The van der Waals surface area contributed by atoms with Gasteiger partial charge in [0.1, 0.15) is 0 Å². The van der Waals surface area contributed by atoms with E-state index in [0.29, 0.717) is 24.9 Å². The average molecular weight is 206 g/mol. The smallest absolute Gasteiger partial charge is 0.214 e. The highest BCUT2D eigenvalue weighted by atomic mass is 32.2. The molecule has 0 aromatic carbocycles. The van der Waals surface area contributed by atoms with Gasteiger partial charge < -0.3 is 5.32 Å². The first-order valence-electron chi connectivity index (χ1n) is 4.75. The van der Waals surface area contributed by atoms with E-state index in [1.807, 2.05) is 14.0 Å². The fourth-order valence-electron chi connectivity index (χ4n) is 1.30. The number of likely N-dealkylation sites (N-methyl/N-ethyl adjacent to an activating group) is 1. The molecule has 1 heterocycles. The lowest BCUT2D eigenvalue weighted by Crippen LogP contribution is -2.59. The Labute approximate surface area is 80.4 Å². The highest BCUT2D eigenvalue weighted by Crippen LogP contribution is 2.14. The van der Waals surface area contributed by atoms with Gasteiger partial charge in [-0.2, -0.15) is 4.31 Å². The number of hydrogen-bond acceptors (Lipinski definition) is 3. The Bertz CT molecular complexity index is 245. The van der Waals surface area contributed by atoms with Crippen LogP contribution in [0.2, 0.25) is 0 Å². The molecule has 1 fully saturated rings. The van der Waals surface area contributed by atoms with Gasteiger partial charge in [0, 0.05) is 19.1 Å². The summed E-state index contributed by atoms with van der Waals surface area (Å²) in [6, 6.07) is 0.358. The minimum absolute atomic E-state index is 0.305. The molecule has 78 valence electrons. The average Bonchev–Trinajstić information content (AvgIpc) is 1.98. The van der Waals surface area contributed by atoms with Crippen molar-refractivity contribution in [1.82, 2.24) is 9.62 Å². The van der Waals surface area contributed by atoms with Crippen LogP contribution >= 0.6 is 0 Å². The monoisotopic (exact) mass is 206 g/mol. The molecule has 0 unspecified atom stereocenters. The third kappa shape index (κ3) is 2.65. The van der Waals surface area contributed by atoms with E-state index in [1.165, 1.54) is 0 Å². The second kappa shape index (κ2) is 4.39. The van der Waals surface area contributed by atoms with E-state index in [-0.39, 0.29) is 0 Å². The van der Waals surface area contributed by atoms with Crippen LogP contribution in [0.15, 0.2) is 0 Å². The normalized spacial score (nSPS) is 20.2. The maximum absolute atomic E-state index is 11.5. The molecule has 0 amide bonds. The molecule has 0 radical (unpaired) electrons. The van der Waals surface area contributed by atoms with Crippen molar-refractivity contribution in [3.8, 4) is 0 Å². The van der Waals surface area contributed by atoms with Gasteiger partial charge in [-0.3, -0.25) is 0 Å². The zero-order chi connectivity index (χ0) is 9.90. The van der Waals surface area contributed by atoms with Crippen LogP contribution in [0, 0.1) is 0 Å². The second-order valence-corrected chi connectivity index (χ2v) is 5.56. The fraction of sp³-hybridized carbons (Fsp3) is 1.00. The Balaban J connectivity index is 2.36. The fourth-order valence-corrected chi connectivity index (χ4v) is 3.03. The first-order chi connectivity index (χ1) is 6.10. The summed E-state index contributed by atoms with van der Waals surface area (Å²) in [7, 11) is -1.07. The minimum atomic E-state index is -2.94. The van der Waals surface area contributed by atoms with Gasteiger partial charge in [-0.1, -0.05) is 13.3 Å². The van der Waals surface area contributed by atoms with E-state index in [2.05, 4.69) is 5.32 Å². The van der Waals surface area contributed by atoms with E-state index >= 15 is 0 Å². The Morgan fingerprint density at radius 3 is 2.54 bits per heavy atom. The van der Waals surface area contributed by atoms with Crippen molar-refractivity contribution in [3.05, 3.63) is 0 Å². The van der Waals surface area contributed by atoms with Crippen LogP contribution in [0.25, 0.3) is 0 Å². The van der Waals surface area contributed by atoms with Gasteiger partial charge in [-0.15, -0.1) is 0 Å². The summed E-state index contributed by atoms with van der Waals surface area (Å²) in [6.45, 7) is 3.28. The Morgan fingerprint density at radius 1 is 1.46 bits per heavy atom. The van der Waals surface area contributed by atoms with E-state index in [9.17, 15) is 8.42 Å². The van der Waals surface area contributed by atoms with Gasteiger partial charge in [0.05, 0.1) is 5.75 Å². The van der Waals surface area contributed by atoms with Crippen LogP contribution in [0.5, 0.6) is 0 Å². The molecule has 1 saturated heterocycles. The molecular weight excluding hydrogens is 188 g/mol. The predicted molar refractivity (Wildman–Crippen MR) is 53.1 cm³/mol. The first-order valence-corrected chi connectivity index (χ1v) is 6.36. The number of hydrogen-bond donors (Lipinski definition) is 1. The summed E-state index contributed by atoms with van der Waals surface area (Å²) >= 11 is 0. The predicted octanol–water partition coefficient (Wildman–Crippen LogP) is 0.0199. The Morgan fingerprint density at radius 2 is 2.08 bits per heavy atom. The van der Waals surface area contributed by atoms with Crippen molar-refractivity contribution in [1.29, 1.82) is 0 Å². The standard InChI is InChI=1S/C8H18N2O2S/c1-3-4-5-13(11,12)10-6-8(7-10)9-2/h8-9H,3-7H2,1-2H3. The van der Waals surface area contributed by atoms with Gasteiger partial charge in [-0.25, -0.2) is 8.42 Å². The third-order valence-electron chi connectivity index (χ3n) is 2.41. The molecule has 1 aliphatic heterocycles. The molecule has 0 aliphatic carbocycles. The second-order valence-electron chi connectivity index (χ2n) is 3.47. The number of nitrogens with one attached hydrogen (secondary N) is 1. The molecule has 0 aromatic rings. The lowest BCUT2D eigenvalue weighted by atomic mass is 10.2. The number of nitrogens with zero attached hydrogens (tertiary/aromatic N) is 1. The highest BCUT2D eigenvalue weighted by molar-refractivity contribution is 7.89. The van der Waals surface area contributed by atoms with Crippen LogP contribution in [0.4, 0.5) is 0 Å². The number of rotatable bonds is 5. The van der Waals surface area contributed by atoms with Crippen molar-refractivity contribution in [3.63, 3.8) is 0 Å². The van der Waals surface area contributed by atoms with Crippen molar-refractivity contribution >= 4 is 10.0 Å². The van der Waals surface area contributed by atoms with Crippen LogP contribution in [-0.2, 0) is 10.0 Å². The highest BCUT2D eigenvalue weighted by Gasteiger charge is 2.33. The summed E-state index contributed by atoms with van der Waals surface area (Å²) < 4.78 is 24.6. The SMILES string of the molecule is CCCCS(=O)(=O)N1CC(NC)C1. The lowest BCUT2D eigenvalue weighted by molar-refractivity contribution is 0.236. The molecule has 4 nitrogen and oxygen atoms in total. The summed E-state index contributed by atoms with van der Waals surface area (Å²) in [5, 5.41) is 3.05. The quantitative estimate of drug-likeness (QED) is 0.690. The van der Waals surface area contributed by atoms with Gasteiger partial charge in [0.25, 0.3) is 0 Å². The lowest BCUT2D eigenvalue weighted by Gasteiger charge is -2.37. The molecule has 1 aliphatic rings. The first kappa shape index (κ1) is 10.9. The molecule has 0 spiro atoms. The Kier molecular flexibility index (Phi) is 3.70. The van der Waals surface area contributed by atoms with Gasteiger partial charge in [0.2, 0.25) is 10.0 Å². The number of sulfonamides is 1. The van der Waals surface area contributed by atoms with E-state index in [1.54, 1.807) is 4.31 Å². The maximum Gasteiger partial charge on any atom is 0.214 e. The van der Waals surface area contributed by atoms with Gasteiger partial charge in [-0.05, 0) is 13.5 Å². The molecule has 0 bridgehead atoms. The summed E-state index contributed by atoms with van der Waals surface area (Å²) in [6.07, 6.45) is 1.70. The molecule has 1 N–H and O–H groups in total. The molecular formula is C8H18N2O2S. The summed E-state index contributed by atoms with van der Waals surface area (Å²) in [5.41, 5.74) is 0. The molecule has 0 aromatic heterocycles. The van der Waals surface area contributed by atoms with Crippen molar-refractivity contribution < 1.29 is 8.42 Å². The Hall–Kier alpha value is -0.130. The third-order valence-corrected chi connectivity index (χ3v) is 4.30. The molecule has 5 heteroatoms. The topological polar surface area (TPSA) is 49.4 Å². The summed E-state index contributed by atoms with van der Waals surface area (Å²) in [4.78, 5) is 0.